The smallest absolute Gasteiger partial charge is 0.241 e. The molecule has 2 rings (SSSR count). The minimum Gasteiger partial charge on any atom is -0.480 e. The van der Waals surface area contributed by atoms with Gasteiger partial charge in [-0.15, -0.1) is 0 Å². The Hall–Kier alpha value is -1.36. The van der Waals surface area contributed by atoms with Crippen LogP contribution in [0.2, 0.25) is 0 Å². The second kappa shape index (κ2) is 3.90. The first-order valence-electron chi connectivity index (χ1n) is 5.27. The molecule has 1 aromatic heterocycles. The average molecular weight is 224 g/mol. The fourth-order valence-electron chi connectivity index (χ4n) is 2.20. The summed E-state index contributed by atoms with van der Waals surface area (Å²) in [5.41, 5.74) is -0.377. The van der Waals surface area contributed by atoms with Crippen molar-refractivity contribution in [2.45, 2.75) is 25.4 Å². The van der Waals surface area contributed by atoms with Gasteiger partial charge in [-0.1, -0.05) is 6.92 Å². The van der Waals surface area contributed by atoms with Crippen LogP contribution in [0.3, 0.4) is 0 Å². The fraction of sp³-hybridized carbons (Fsp3) is 0.636. The number of hydrogen-bond acceptors (Lipinski definition) is 5. The molecule has 0 saturated heterocycles. The lowest BCUT2D eigenvalue weighted by Gasteiger charge is -2.41. The molecule has 16 heavy (non-hydrogen) atoms. The van der Waals surface area contributed by atoms with Gasteiger partial charge in [0.1, 0.15) is 11.3 Å². The third kappa shape index (κ3) is 1.71. The average Bonchev–Trinajstić information content (AvgIpc) is 2.26. The van der Waals surface area contributed by atoms with Gasteiger partial charge in [-0.05, 0) is 18.8 Å². The lowest BCUT2D eigenvalue weighted by atomic mass is 9.70. The van der Waals surface area contributed by atoms with E-state index >= 15 is 0 Å². The quantitative estimate of drug-likeness (QED) is 0.833. The maximum atomic E-state index is 10.3. The first kappa shape index (κ1) is 11.1. The summed E-state index contributed by atoms with van der Waals surface area (Å²) >= 11 is 0. The van der Waals surface area contributed by atoms with Crippen molar-refractivity contribution in [3.05, 3.63) is 11.9 Å². The molecule has 0 aromatic carbocycles. The van der Waals surface area contributed by atoms with Gasteiger partial charge in [0.2, 0.25) is 11.8 Å². The van der Waals surface area contributed by atoms with Gasteiger partial charge >= 0.3 is 0 Å². The van der Waals surface area contributed by atoms with Gasteiger partial charge in [-0.2, -0.15) is 4.98 Å². The Morgan fingerprint density at radius 3 is 2.56 bits per heavy atom. The van der Waals surface area contributed by atoms with Gasteiger partial charge in [0.15, 0.2) is 0 Å². The van der Waals surface area contributed by atoms with Crippen molar-refractivity contribution < 1.29 is 14.6 Å². The molecule has 0 bridgehead atoms. The Bertz CT molecular complexity index is 389. The van der Waals surface area contributed by atoms with E-state index in [0.717, 1.165) is 0 Å². The third-order valence-corrected chi connectivity index (χ3v) is 2.93. The Kier molecular flexibility index (Phi) is 2.71. The molecule has 0 amide bonds. The molecule has 1 heterocycles. The molecule has 1 fully saturated rings. The Morgan fingerprint density at radius 1 is 1.38 bits per heavy atom. The van der Waals surface area contributed by atoms with Gasteiger partial charge in [0.05, 0.1) is 20.4 Å². The molecule has 0 atom stereocenters. The summed E-state index contributed by atoms with van der Waals surface area (Å²) in [7, 11) is 3.03. The predicted octanol–water partition coefficient (Wildman–Crippen LogP) is 1.11. The van der Waals surface area contributed by atoms with E-state index in [9.17, 15) is 5.11 Å². The Labute approximate surface area is 94.4 Å². The van der Waals surface area contributed by atoms with Crippen LogP contribution >= 0.6 is 0 Å². The van der Waals surface area contributed by atoms with E-state index in [1.807, 2.05) is 0 Å². The monoisotopic (exact) mass is 224 g/mol. The summed E-state index contributed by atoms with van der Waals surface area (Å²) in [6.07, 6.45) is 2.90. The van der Waals surface area contributed by atoms with Crippen LogP contribution in [0.4, 0.5) is 0 Å². The maximum absolute atomic E-state index is 10.3. The molecule has 1 aromatic rings. The number of aliphatic hydroxyl groups is 1. The molecule has 88 valence electrons. The number of hydrogen-bond donors (Lipinski definition) is 1. The molecule has 0 unspecified atom stereocenters. The van der Waals surface area contributed by atoms with Crippen molar-refractivity contribution in [2.24, 2.45) is 5.92 Å². The highest BCUT2D eigenvalue weighted by Crippen LogP contribution is 2.46. The van der Waals surface area contributed by atoms with Crippen molar-refractivity contribution in [2.75, 3.05) is 14.2 Å². The van der Waals surface area contributed by atoms with E-state index in [0.29, 0.717) is 36.2 Å². The summed E-state index contributed by atoms with van der Waals surface area (Å²) in [5, 5.41) is 10.3. The number of rotatable bonds is 3. The molecular formula is C11H16N2O3. The topological polar surface area (TPSA) is 64.5 Å². The first-order chi connectivity index (χ1) is 7.59. The summed E-state index contributed by atoms with van der Waals surface area (Å²) in [4.78, 5) is 8.30. The number of ether oxygens (including phenoxy) is 2. The van der Waals surface area contributed by atoms with Gasteiger partial charge in [-0.25, -0.2) is 4.98 Å². The van der Waals surface area contributed by atoms with Crippen LogP contribution in [0, 0.1) is 5.92 Å². The fourth-order valence-corrected chi connectivity index (χ4v) is 2.20. The first-order valence-corrected chi connectivity index (χ1v) is 5.27. The number of methoxy groups -OCH3 is 2. The van der Waals surface area contributed by atoms with E-state index in [1.54, 1.807) is 0 Å². The predicted molar refractivity (Wildman–Crippen MR) is 57.4 cm³/mol. The Balaban J connectivity index is 2.34. The van der Waals surface area contributed by atoms with Gasteiger partial charge in [-0.3, -0.25) is 0 Å². The standard InChI is InChI=1S/C11H16N2O3/c1-7-4-11(14,5-7)9-10(16-3)13-8(15-2)6-12-9/h6-7,14H,4-5H2,1-3H3. The SMILES string of the molecule is COc1cnc(C2(O)CC(C)C2)c(OC)n1. The highest BCUT2D eigenvalue weighted by Gasteiger charge is 2.45. The third-order valence-electron chi connectivity index (χ3n) is 2.93. The minimum atomic E-state index is -0.885. The van der Waals surface area contributed by atoms with Crippen LogP contribution in [0.5, 0.6) is 11.8 Å². The van der Waals surface area contributed by atoms with Gasteiger partial charge in [0, 0.05) is 0 Å². The largest absolute Gasteiger partial charge is 0.480 e. The summed E-state index contributed by atoms with van der Waals surface area (Å²) < 4.78 is 10.1. The van der Waals surface area contributed by atoms with E-state index in [4.69, 9.17) is 9.47 Å². The maximum Gasteiger partial charge on any atom is 0.241 e. The van der Waals surface area contributed by atoms with E-state index in [-0.39, 0.29) is 0 Å². The summed E-state index contributed by atoms with van der Waals surface area (Å²) in [5.74, 6) is 1.24. The minimum absolute atomic E-state index is 0.341. The zero-order chi connectivity index (χ0) is 11.8. The number of aromatic nitrogens is 2. The van der Waals surface area contributed by atoms with E-state index < -0.39 is 5.60 Å². The lowest BCUT2D eigenvalue weighted by Crippen LogP contribution is -2.41. The molecule has 0 aliphatic heterocycles. The van der Waals surface area contributed by atoms with Crippen molar-refractivity contribution >= 4 is 0 Å². The molecule has 1 saturated carbocycles. The molecule has 0 radical (unpaired) electrons. The zero-order valence-electron chi connectivity index (χ0n) is 9.73. The summed E-state index contributed by atoms with van der Waals surface area (Å²) in [6.45, 7) is 2.10. The van der Waals surface area contributed by atoms with Gasteiger partial charge in [0.25, 0.3) is 0 Å². The van der Waals surface area contributed by atoms with Crippen LogP contribution in [-0.4, -0.2) is 29.3 Å². The van der Waals surface area contributed by atoms with Crippen molar-refractivity contribution in [3.63, 3.8) is 0 Å². The number of nitrogens with zero attached hydrogens (tertiary/aromatic N) is 2. The summed E-state index contributed by atoms with van der Waals surface area (Å²) in [6, 6.07) is 0. The molecule has 1 aliphatic rings. The van der Waals surface area contributed by atoms with Crippen LogP contribution in [0.25, 0.3) is 0 Å². The van der Waals surface area contributed by atoms with E-state index in [1.165, 1.54) is 20.4 Å². The molecule has 5 nitrogen and oxygen atoms in total. The van der Waals surface area contributed by atoms with Crippen molar-refractivity contribution in [1.29, 1.82) is 0 Å². The zero-order valence-corrected chi connectivity index (χ0v) is 9.73. The highest BCUT2D eigenvalue weighted by molar-refractivity contribution is 5.30. The van der Waals surface area contributed by atoms with Crippen LogP contribution in [0.1, 0.15) is 25.5 Å². The second-order valence-electron chi connectivity index (χ2n) is 4.32. The molecular weight excluding hydrogens is 208 g/mol. The highest BCUT2D eigenvalue weighted by atomic mass is 16.5. The van der Waals surface area contributed by atoms with E-state index in [2.05, 4.69) is 16.9 Å². The normalized spacial score (nSPS) is 28.4. The molecule has 1 N–H and O–H groups in total. The lowest BCUT2D eigenvalue weighted by molar-refractivity contribution is -0.0792. The molecule has 0 spiro atoms. The van der Waals surface area contributed by atoms with Crippen LogP contribution in [-0.2, 0) is 5.60 Å². The van der Waals surface area contributed by atoms with Crippen molar-refractivity contribution in [1.82, 2.24) is 9.97 Å². The second-order valence-corrected chi connectivity index (χ2v) is 4.32. The van der Waals surface area contributed by atoms with Crippen LogP contribution < -0.4 is 9.47 Å². The van der Waals surface area contributed by atoms with Crippen LogP contribution in [0.15, 0.2) is 6.20 Å². The molecule has 1 aliphatic carbocycles. The Morgan fingerprint density at radius 2 is 2.06 bits per heavy atom. The molecule has 5 heteroatoms. The van der Waals surface area contributed by atoms with Gasteiger partial charge < -0.3 is 14.6 Å². The van der Waals surface area contributed by atoms with Crippen molar-refractivity contribution in [3.8, 4) is 11.8 Å².